The van der Waals surface area contributed by atoms with E-state index in [0.717, 1.165) is 76.0 Å². The van der Waals surface area contributed by atoms with Crippen molar-refractivity contribution in [3.8, 4) is 11.5 Å². The van der Waals surface area contributed by atoms with Crippen molar-refractivity contribution >= 4 is 11.9 Å². The van der Waals surface area contributed by atoms with Crippen molar-refractivity contribution in [2.75, 3.05) is 33.9 Å². The number of ether oxygens (including phenoxy) is 2. The van der Waals surface area contributed by atoms with Gasteiger partial charge in [0.1, 0.15) is 11.5 Å². The van der Waals surface area contributed by atoms with E-state index >= 15 is 0 Å². The third kappa shape index (κ3) is 6.90. The van der Waals surface area contributed by atoms with Crippen LogP contribution in [0.25, 0.3) is 0 Å². The van der Waals surface area contributed by atoms with Crippen molar-refractivity contribution in [3.63, 3.8) is 0 Å². The molecular weight excluding hydrogens is 382 g/mol. The van der Waals surface area contributed by atoms with E-state index < -0.39 is 0 Å². The summed E-state index contributed by atoms with van der Waals surface area (Å²) in [5, 5.41) is 5.37. The molecule has 0 unspecified atom stereocenters. The summed E-state index contributed by atoms with van der Waals surface area (Å²) < 4.78 is 10.7. The normalized spacial score (nSPS) is 18.2. The lowest BCUT2D eigenvalue weighted by atomic mass is 9.90. The highest BCUT2D eigenvalue weighted by molar-refractivity contribution is 5.95. The Labute approximate surface area is 179 Å². The van der Waals surface area contributed by atoms with E-state index in [9.17, 15) is 9.59 Å². The number of benzene rings is 1. The quantitative estimate of drug-likeness (QED) is 0.679. The lowest BCUT2D eigenvalue weighted by Gasteiger charge is -2.31. The SMILES string of the molecule is COc1cc(CCC2CCN(CC(=O)NC(=O)NC3CCCC3)CC2)cc(OC)c1. The van der Waals surface area contributed by atoms with Crippen LogP contribution >= 0.6 is 0 Å². The second-order valence-corrected chi connectivity index (χ2v) is 8.48. The number of piperidine rings is 1. The Morgan fingerprint density at radius 1 is 1.00 bits per heavy atom. The van der Waals surface area contributed by atoms with Crippen molar-refractivity contribution in [2.45, 2.75) is 57.4 Å². The molecule has 1 aromatic carbocycles. The fraction of sp³-hybridized carbons (Fsp3) is 0.652. The van der Waals surface area contributed by atoms with Gasteiger partial charge in [0.25, 0.3) is 0 Å². The number of carbonyl (C=O) groups is 2. The van der Waals surface area contributed by atoms with Crippen LogP contribution in [0.1, 0.15) is 50.5 Å². The predicted octanol–water partition coefficient (Wildman–Crippen LogP) is 3.12. The molecule has 0 atom stereocenters. The number of hydrogen-bond acceptors (Lipinski definition) is 5. The summed E-state index contributed by atoms with van der Waals surface area (Å²) in [6.45, 7) is 2.07. The van der Waals surface area contributed by atoms with Gasteiger partial charge in [-0.3, -0.25) is 15.0 Å². The minimum Gasteiger partial charge on any atom is -0.497 e. The Balaban J connectivity index is 1.35. The minimum atomic E-state index is -0.351. The third-order valence-electron chi connectivity index (χ3n) is 6.27. The van der Waals surface area contributed by atoms with E-state index in [0.29, 0.717) is 5.92 Å². The van der Waals surface area contributed by atoms with E-state index in [-0.39, 0.29) is 24.5 Å². The zero-order chi connectivity index (χ0) is 21.3. The summed E-state index contributed by atoms with van der Waals surface area (Å²) in [5.74, 6) is 2.07. The summed E-state index contributed by atoms with van der Waals surface area (Å²) in [6.07, 6.45) is 8.57. The molecule has 0 spiro atoms. The van der Waals surface area contributed by atoms with Gasteiger partial charge in [0.05, 0.1) is 20.8 Å². The van der Waals surface area contributed by atoms with E-state index in [1.54, 1.807) is 14.2 Å². The maximum absolute atomic E-state index is 12.2. The molecule has 1 saturated heterocycles. The van der Waals surface area contributed by atoms with Crippen molar-refractivity contribution in [1.29, 1.82) is 0 Å². The number of aryl methyl sites for hydroxylation is 1. The molecule has 0 radical (unpaired) electrons. The number of nitrogens with one attached hydrogen (secondary N) is 2. The molecule has 166 valence electrons. The molecule has 3 amide bonds. The number of likely N-dealkylation sites (tertiary alicyclic amines) is 1. The van der Waals surface area contributed by atoms with Crippen molar-refractivity contribution in [1.82, 2.24) is 15.5 Å². The molecule has 1 saturated carbocycles. The molecule has 1 aromatic rings. The van der Waals surface area contributed by atoms with Crippen LogP contribution in [-0.2, 0) is 11.2 Å². The number of rotatable bonds is 8. The molecule has 30 heavy (non-hydrogen) atoms. The van der Waals surface area contributed by atoms with E-state index in [1.165, 1.54) is 5.56 Å². The molecule has 1 aliphatic carbocycles. The third-order valence-corrected chi connectivity index (χ3v) is 6.27. The van der Waals surface area contributed by atoms with Gasteiger partial charge in [0, 0.05) is 12.1 Å². The molecule has 7 heteroatoms. The number of carbonyl (C=O) groups excluding carboxylic acids is 2. The molecule has 2 fully saturated rings. The standard InChI is InChI=1S/C23H35N3O4/c1-29-20-13-18(14-21(15-20)30-2)8-7-17-9-11-26(12-10-17)16-22(27)25-23(28)24-19-5-3-4-6-19/h13-15,17,19H,3-12,16H2,1-2H3,(H2,24,25,27,28). The number of nitrogens with zero attached hydrogens (tertiary/aromatic N) is 1. The van der Waals surface area contributed by atoms with Gasteiger partial charge in [-0.2, -0.15) is 0 Å². The Morgan fingerprint density at radius 3 is 2.23 bits per heavy atom. The topological polar surface area (TPSA) is 79.9 Å². The fourth-order valence-electron chi connectivity index (χ4n) is 4.48. The number of urea groups is 1. The first-order valence-electron chi connectivity index (χ1n) is 11.1. The van der Waals surface area contributed by atoms with Crippen LogP contribution in [0.3, 0.4) is 0 Å². The Morgan fingerprint density at radius 2 is 1.63 bits per heavy atom. The van der Waals surface area contributed by atoms with Gasteiger partial charge < -0.3 is 14.8 Å². The van der Waals surface area contributed by atoms with Gasteiger partial charge in [-0.05, 0) is 75.2 Å². The fourth-order valence-corrected chi connectivity index (χ4v) is 4.48. The Kier molecular flexibility index (Phi) is 8.37. The van der Waals surface area contributed by atoms with E-state index in [4.69, 9.17) is 9.47 Å². The van der Waals surface area contributed by atoms with Crippen LogP contribution in [0.5, 0.6) is 11.5 Å². The van der Waals surface area contributed by atoms with Gasteiger partial charge in [0.2, 0.25) is 5.91 Å². The Hall–Kier alpha value is -2.28. The average Bonchev–Trinajstić information content (AvgIpc) is 3.25. The van der Waals surface area contributed by atoms with E-state index in [1.807, 2.05) is 6.07 Å². The zero-order valence-corrected chi connectivity index (χ0v) is 18.2. The molecular formula is C23H35N3O4. The van der Waals surface area contributed by atoms with Crippen LogP contribution in [0, 0.1) is 5.92 Å². The molecule has 1 heterocycles. The smallest absolute Gasteiger partial charge is 0.321 e. The van der Waals surface area contributed by atoms with E-state index in [2.05, 4.69) is 27.7 Å². The first kappa shape index (κ1) is 22.4. The van der Waals surface area contributed by atoms with Crippen LogP contribution in [0.4, 0.5) is 4.79 Å². The largest absolute Gasteiger partial charge is 0.497 e. The summed E-state index contributed by atoms with van der Waals surface area (Å²) in [6, 6.07) is 5.90. The van der Waals surface area contributed by atoms with Crippen molar-refractivity contribution < 1.29 is 19.1 Å². The summed E-state index contributed by atoms with van der Waals surface area (Å²) >= 11 is 0. The monoisotopic (exact) mass is 417 g/mol. The number of imide groups is 1. The average molecular weight is 418 g/mol. The van der Waals surface area contributed by atoms with Crippen LogP contribution < -0.4 is 20.1 Å². The second-order valence-electron chi connectivity index (χ2n) is 8.48. The number of amides is 3. The van der Waals surface area contributed by atoms with Gasteiger partial charge in [-0.1, -0.05) is 12.8 Å². The number of methoxy groups -OCH3 is 2. The summed E-state index contributed by atoms with van der Waals surface area (Å²) in [5.41, 5.74) is 1.22. The summed E-state index contributed by atoms with van der Waals surface area (Å²) in [4.78, 5) is 26.2. The van der Waals surface area contributed by atoms with Crippen molar-refractivity contribution in [2.24, 2.45) is 5.92 Å². The highest BCUT2D eigenvalue weighted by atomic mass is 16.5. The number of hydrogen-bond donors (Lipinski definition) is 2. The van der Waals surface area contributed by atoms with Gasteiger partial charge in [0.15, 0.2) is 0 Å². The highest BCUT2D eigenvalue weighted by Gasteiger charge is 2.22. The van der Waals surface area contributed by atoms with Crippen LogP contribution in [-0.4, -0.2) is 56.7 Å². The molecule has 0 bridgehead atoms. The maximum Gasteiger partial charge on any atom is 0.321 e. The lowest BCUT2D eigenvalue weighted by Crippen LogP contribution is -2.48. The predicted molar refractivity (Wildman–Crippen MR) is 116 cm³/mol. The molecule has 7 nitrogen and oxygen atoms in total. The van der Waals surface area contributed by atoms with Gasteiger partial charge in [-0.25, -0.2) is 4.79 Å². The molecule has 3 rings (SSSR count). The first-order chi connectivity index (χ1) is 14.6. The van der Waals surface area contributed by atoms with Crippen LogP contribution in [0.2, 0.25) is 0 Å². The maximum atomic E-state index is 12.2. The second kappa shape index (κ2) is 11.2. The molecule has 0 aromatic heterocycles. The van der Waals surface area contributed by atoms with Gasteiger partial charge >= 0.3 is 6.03 Å². The molecule has 2 aliphatic rings. The first-order valence-corrected chi connectivity index (χ1v) is 11.1. The molecule has 1 aliphatic heterocycles. The highest BCUT2D eigenvalue weighted by Crippen LogP contribution is 2.26. The molecule has 2 N–H and O–H groups in total. The minimum absolute atomic E-state index is 0.215. The van der Waals surface area contributed by atoms with Gasteiger partial charge in [-0.15, -0.1) is 0 Å². The van der Waals surface area contributed by atoms with Crippen molar-refractivity contribution in [3.05, 3.63) is 23.8 Å². The summed E-state index contributed by atoms with van der Waals surface area (Å²) in [7, 11) is 3.34. The Bertz CT molecular complexity index is 688. The lowest BCUT2D eigenvalue weighted by molar-refractivity contribution is -0.121. The van der Waals surface area contributed by atoms with Crippen LogP contribution in [0.15, 0.2) is 18.2 Å². The zero-order valence-electron chi connectivity index (χ0n) is 18.2.